The van der Waals surface area contributed by atoms with Gasteiger partial charge in [0.1, 0.15) is 17.2 Å². The molecule has 1 fully saturated rings. The normalized spacial score (nSPS) is 12.3. The van der Waals surface area contributed by atoms with E-state index >= 15 is 0 Å². The Balaban J connectivity index is 0.741. The summed E-state index contributed by atoms with van der Waals surface area (Å²) in [4.78, 5) is 147. The van der Waals surface area contributed by atoms with Gasteiger partial charge in [0.25, 0.3) is 35.4 Å². The first kappa shape index (κ1) is 60.4. The third-order valence-electron chi connectivity index (χ3n) is 13.5. The number of imidazole rings is 4. The molecule has 0 unspecified atom stereocenters. The number of rotatable bonds is 25. The van der Waals surface area contributed by atoms with E-state index in [1.54, 1.807) is 83.1 Å². The highest BCUT2D eigenvalue weighted by molar-refractivity contribution is 6.06. The number of nitrogens with zero attached hydrogens (tertiary/aromatic N) is 11. The number of nitrogens with one attached hydrogen (secondary N) is 11. The number of anilines is 7. The van der Waals surface area contributed by atoms with Gasteiger partial charge in [0.15, 0.2) is 23.3 Å². The van der Waals surface area contributed by atoms with Crippen molar-refractivity contribution in [2.45, 2.75) is 39.0 Å². The van der Waals surface area contributed by atoms with Gasteiger partial charge in [-0.15, -0.1) is 0 Å². The van der Waals surface area contributed by atoms with Gasteiger partial charge >= 0.3 is 0 Å². The first-order chi connectivity index (χ1) is 40.5. The Morgan fingerprint density at radius 2 is 0.941 bits per heavy atom. The van der Waals surface area contributed by atoms with E-state index in [9.17, 15) is 47.9 Å². The van der Waals surface area contributed by atoms with Gasteiger partial charge in [-0.05, 0) is 18.6 Å². The highest BCUT2D eigenvalue weighted by Gasteiger charge is 2.40. The second-order valence-corrected chi connectivity index (χ2v) is 20.5. The maximum Gasteiger partial charge on any atom is 0.291 e. The molecule has 0 atom stereocenters. The quantitative estimate of drug-likeness (QED) is 0.0380. The monoisotopic (exact) mass is 1170 g/mol. The molecular formula is C53H66N22O10. The Labute approximate surface area is 485 Å². The number of amides is 10. The lowest BCUT2D eigenvalue weighted by molar-refractivity contribution is -0.121. The number of aryl methyl sites for hydroxylation is 7. The average Bonchev–Trinajstić information content (AvgIpc) is 4.42. The molecule has 0 spiro atoms. The molecule has 0 aliphatic carbocycles. The molecule has 0 radical (unpaired) electrons. The zero-order valence-corrected chi connectivity index (χ0v) is 47.9. The predicted octanol–water partition coefficient (Wildman–Crippen LogP) is 0.997. The number of hydrogen-bond acceptors (Lipinski definition) is 15. The molecule has 32 nitrogen and oxygen atoms in total. The fraction of sp³-hybridized carbons (Fsp3) is 0.358. The summed E-state index contributed by atoms with van der Waals surface area (Å²) in [7, 11) is 11.4. The van der Waals surface area contributed by atoms with Gasteiger partial charge in [-0.1, -0.05) is 6.92 Å². The van der Waals surface area contributed by atoms with E-state index in [2.05, 4.69) is 78.4 Å². The Hall–Kier alpha value is -10.7. The van der Waals surface area contributed by atoms with Crippen LogP contribution in [0.5, 0.6) is 0 Å². The van der Waals surface area contributed by atoms with Crippen LogP contribution in [0.2, 0.25) is 0 Å². The smallest absolute Gasteiger partial charge is 0.291 e. The fourth-order valence-electron chi connectivity index (χ4n) is 9.05. The van der Waals surface area contributed by atoms with Crippen LogP contribution in [0.3, 0.4) is 0 Å². The van der Waals surface area contributed by atoms with E-state index in [1.807, 2.05) is 6.92 Å². The Kier molecular flexibility index (Phi) is 18.5. The molecule has 8 heterocycles. The van der Waals surface area contributed by atoms with Crippen molar-refractivity contribution >= 4 is 99.4 Å². The molecule has 1 aliphatic rings. The minimum absolute atomic E-state index is 0.00617. The molecule has 7 aromatic heterocycles. The first-order valence-electron chi connectivity index (χ1n) is 26.7. The second kappa shape index (κ2) is 26.1. The number of carbonyl (C=O) groups excluding carboxylic acids is 10. The lowest BCUT2D eigenvalue weighted by Gasteiger charge is -2.42. The molecular weight excluding hydrogens is 1100 g/mol. The van der Waals surface area contributed by atoms with Crippen LogP contribution in [0.25, 0.3) is 0 Å². The van der Waals surface area contributed by atoms with Crippen molar-refractivity contribution in [3.8, 4) is 0 Å². The van der Waals surface area contributed by atoms with Crippen LogP contribution < -0.4 is 58.5 Å². The van der Waals surface area contributed by atoms with E-state index in [4.69, 9.17) is 0 Å². The summed E-state index contributed by atoms with van der Waals surface area (Å²) in [6, 6.07) is 4.52. The molecule has 1 aliphatic heterocycles. The summed E-state index contributed by atoms with van der Waals surface area (Å²) in [5, 5.41) is 30.3. The van der Waals surface area contributed by atoms with Gasteiger partial charge < -0.3 is 90.5 Å². The summed E-state index contributed by atoms with van der Waals surface area (Å²) < 4.78 is 10.5. The van der Waals surface area contributed by atoms with Crippen LogP contribution in [0.15, 0.2) is 67.8 Å². The van der Waals surface area contributed by atoms with E-state index in [0.717, 1.165) is 6.42 Å². The number of carbonyl (C=O) groups is 10. The van der Waals surface area contributed by atoms with Crippen molar-refractivity contribution in [2.24, 2.45) is 54.7 Å². The first-order valence-corrected chi connectivity index (χ1v) is 26.7. The molecule has 11 N–H and O–H groups in total. The summed E-state index contributed by atoms with van der Waals surface area (Å²) in [5.41, 5.74) is 0.804. The van der Waals surface area contributed by atoms with E-state index in [0.29, 0.717) is 36.8 Å². The molecule has 85 heavy (non-hydrogen) atoms. The maximum absolute atomic E-state index is 13.5. The van der Waals surface area contributed by atoms with Crippen LogP contribution in [-0.4, -0.2) is 144 Å². The van der Waals surface area contributed by atoms with Crippen molar-refractivity contribution in [2.75, 3.05) is 69.9 Å². The van der Waals surface area contributed by atoms with Crippen molar-refractivity contribution in [3.05, 3.63) is 102 Å². The molecule has 0 aromatic carbocycles. The largest absolute Gasteiger partial charge is 0.350 e. The molecule has 0 bridgehead atoms. The standard InChI is InChI=1S/C53H66N22O10/c1-9-13-56-49(82)44-66-37(26-74(44)7)67-48(81)34-17-30(21-71(34)4)59-41(78)12-14-57-50(83)45-64-36(25-73(45)6)63-42(79)20-53(27-54-28-53)29-58-47(80)33-18-31(22-70(33)3)60-52(85)46-65-35(24-75(46)8)62-39(76)10-11-40(77)68-38-19-32(23-72(38)5)61-51(84)43-55-15-16-69(43)2/h15-19,21-26,54H,9-14,20,27-29H2,1-8H3,(H,56,82)(H,57,83)(H,58,80)(H,59,78)(H,60,85)(H,61,84)(H,62,76)(H,63,79)(H,67,81)(H,68,77). The van der Waals surface area contributed by atoms with Gasteiger partial charge in [0.05, 0.1) is 17.1 Å². The highest BCUT2D eigenvalue weighted by atomic mass is 16.2. The highest BCUT2D eigenvalue weighted by Crippen LogP contribution is 2.28. The second-order valence-electron chi connectivity index (χ2n) is 20.5. The Morgan fingerprint density at radius 1 is 0.459 bits per heavy atom. The van der Waals surface area contributed by atoms with Crippen molar-refractivity contribution in [1.82, 2.24) is 73.2 Å². The maximum atomic E-state index is 13.5. The van der Waals surface area contributed by atoms with E-state index in [-0.39, 0.29) is 103 Å². The number of hydrogen-bond donors (Lipinski definition) is 11. The van der Waals surface area contributed by atoms with Crippen molar-refractivity contribution in [3.63, 3.8) is 0 Å². The van der Waals surface area contributed by atoms with Crippen LogP contribution >= 0.6 is 0 Å². The molecule has 10 amide bonds. The van der Waals surface area contributed by atoms with Crippen LogP contribution in [0.4, 0.5) is 40.3 Å². The molecule has 8 rings (SSSR count). The molecule has 1 saturated heterocycles. The van der Waals surface area contributed by atoms with E-state index < -0.39 is 58.6 Å². The minimum Gasteiger partial charge on any atom is -0.350 e. The average molecular weight is 1170 g/mol. The summed E-state index contributed by atoms with van der Waals surface area (Å²) in [5.74, 6) is -3.86. The predicted molar refractivity (Wildman–Crippen MR) is 309 cm³/mol. The van der Waals surface area contributed by atoms with Crippen molar-refractivity contribution < 1.29 is 47.9 Å². The minimum atomic E-state index is -0.656. The summed E-state index contributed by atoms with van der Waals surface area (Å²) >= 11 is 0. The fourth-order valence-corrected chi connectivity index (χ4v) is 9.05. The SMILES string of the molecule is CCCNC(=O)c1nc(NC(=O)c2cc(NC(=O)CCNC(=O)c3nc(NC(=O)CC4(CNC(=O)c5cc(NC(=O)c6nc(NC(=O)CCC(=O)Nc7cc(NC(=O)c8nccn8C)cn7C)cn6C)cn5C)CNC4)cn3C)cn2C)cn1C. The Bertz CT molecular complexity index is 3730. The lowest BCUT2D eigenvalue weighted by Crippen LogP contribution is -2.60. The van der Waals surface area contributed by atoms with Gasteiger partial charge in [-0.3, -0.25) is 47.9 Å². The lowest BCUT2D eigenvalue weighted by atomic mass is 9.78. The van der Waals surface area contributed by atoms with Crippen LogP contribution in [0.1, 0.15) is 102 Å². The molecule has 0 saturated carbocycles. The Morgan fingerprint density at radius 3 is 1.49 bits per heavy atom. The molecule has 32 heteroatoms. The van der Waals surface area contributed by atoms with Gasteiger partial charge in [0.2, 0.25) is 41.1 Å². The number of aromatic nitrogens is 11. The zero-order valence-electron chi connectivity index (χ0n) is 47.9. The topological polar surface area (TPSA) is 389 Å². The molecule has 448 valence electrons. The van der Waals surface area contributed by atoms with Crippen LogP contribution in [-0.2, 0) is 68.5 Å². The zero-order chi connectivity index (χ0) is 61.3. The summed E-state index contributed by atoms with van der Waals surface area (Å²) in [6.07, 6.45) is 12.5. The summed E-state index contributed by atoms with van der Waals surface area (Å²) in [6.45, 7) is 3.30. The third kappa shape index (κ3) is 15.1. The van der Waals surface area contributed by atoms with Crippen LogP contribution in [0, 0.1) is 5.41 Å². The van der Waals surface area contributed by atoms with E-state index in [1.165, 1.54) is 66.0 Å². The molecule has 7 aromatic rings. The van der Waals surface area contributed by atoms with Crippen molar-refractivity contribution in [1.29, 1.82) is 0 Å². The van der Waals surface area contributed by atoms with Gasteiger partial charge in [0, 0.05) is 169 Å². The van der Waals surface area contributed by atoms with Gasteiger partial charge in [-0.2, -0.15) is 0 Å². The third-order valence-corrected chi connectivity index (χ3v) is 13.5. The van der Waals surface area contributed by atoms with Gasteiger partial charge in [-0.25, -0.2) is 19.9 Å².